The fraction of sp³-hybridized carbons (Fsp3) is 0.154. The van der Waals surface area contributed by atoms with Crippen LogP contribution in [0.2, 0.25) is 0 Å². The molecule has 0 spiro atoms. The van der Waals surface area contributed by atoms with Gasteiger partial charge in [-0.15, -0.1) is 0 Å². The summed E-state index contributed by atoms with van der Waals surface area (Å²) in [6, 6.07) is 1.21. The van der Waals surface area contributed by atoms with Gasteiger partial charge < -0.3 is 9.84 Å². The second-order valence-corrected chi connectivity index (χ2v) is 6.53. The van der Waals surface area contributed by atoms with Crippen LogP contribution in [0.1, 0.15) is 5.56 Å². The zero-order valence-electron chi connectivity index (χ0n) is 11.4. The SMILES string of the molecule is CN1C(=O)S/C(=C\c2cc(OCC(=O)Cl)c(O)c(F)c2Br)C1=O. The zero-order chi connectivity index (χ0) is 17.3. The van der Waals surface area contributed by atoms with Crippen molar-refractivity contribution in [3.8, 4) is 11.5 Å². The Hall–Kier alpha value is -1.58. The highest BCUT2D eigenvalue weighted by molar-refractivity contribution is 9.10. The Kier molecular flexibility index (Phi) is 5.33. The molecule has 1 aliphatic rings. The van der Waals surface area contributed by atoms with Gasteiger partial charge in [0.15, 0.2) is 23.9 Å². The molecule has 1 aliphatic heterocycles. The average Bonchev–Trinajstić information content (AvgIpc) is 2.73. The number of likely N-dealkylation sites (N-methyl/N-ethyl adjacent to an activating group) is 1. The largest absolute Gasteiger partial charge is 0.502 e. The molecule has 1 fully saturated rings. The van der Waals surface area contributed by atoms with Crippen molar-refractivity contribution in [2.75, 3.05) is 13.7 Å². The van der Waals surface area contributed by atoms with Gasteiger partial charge in [-0.25, -0.2) is 4.39 Å². The molecule has 1 aromatic carbocycles. The number of carbonyl (C=O) groups is 3. The number of hydrogen-bond donors (Lipinski definition) is 1. The van der Waals surface area contributed by atoms with Crippen molar-refractivity contribution >= 4 is 61.8 Å². The number of rotatable bonds is 4. The van der Waals surface area contributed by atoms with Gasteiger partial charge in [-0.1, -0.05) is 0 Å². The molecule has 10 heteroatoms. The van der Waals surface area contributed by atoms with Crippen LogP contribution in [0, 0.1) is 5.82 Å². The quantitative estimate of drug-likeness (QED) is 0.591. The van der Waals surface area contributed by atoms with E-state index in [2.05, 4.69) is 15.9 Å². The Bertz CT molecular complexity index is 754. The van der Waals surface area contributed by atoms with Crippen LogP contribution in [-0.2, 0) is 9.59 Å². The summed E-state index contributed by atoms with van der Waals surface area (Å²) in [6.07, 6.45) is 1.27. The molecule has 122 valence electrons. The fourth-order valence-electron chi connectivity index (χ4n) is 1.65. The van der Waals surface area contributed by atoms with Crippen molar-refractivity contribution in [3.63, 3.8) is 0 Å². The van der Waals surface area contributed by atoms with Gasteiger partial charge >= 0.3 is 0 Å². The maximum Gasteiger partial charge on any atom is 0.293 e. The van der Waals surface area contributed by atoms with Crippen LogP contribution in [0.5, 0.6) is 11.5 Å². The third kappa shape index (κ3) is 3.67. The molecule has 0 saturated carbocycles. The molecule has 1 heterocycles. The maximum absolute atomic E-state index is 14.0. The fourth-order valence-corrected chi connectivity index (χ4v) is 2.94. The van der Waals surface area contributed by atoms with E-state index in [1.54, 1.807) is 0 Å². The Morgan fingerprint density at radius 1 is 1.57 bits per heavy atom. The summed E-state index contributed by atoms with van der Waals surface area (Å²) in [5, 5.41) is 8.38. The molecule has 0 unspecified atom stereocenters. The number of carbonyl (C=O) groups excluding carboxylic acids is 3. The van der Waals surface area contributed by atoms with Gasteiger partial charge in [0.2, 0.25) is 0 Å². The number of phenols is 1. The van der Waals surface area contributed by atoms with E-state index < -0.39 is 34.6 Å². The molecule has 0 aliphatic carbocycles. The summed E-state index contributed by atoms with van der Waals surface area (Å²) in [4.78, 5) is 35.0. The lowest BCUT2D eigenvalue weighted by atomic mass is 10.1. The molecule has 0 bridgehead atoms. The highest BCUT2D eigenvalue weighted by Crippen LogP contribution is 2.39. The van der Waals surface area contributed by atoms with Gasteiger partial charge in [0, 0.05) is 7.05 Å². The minimum atomic E-state index is -1.04. The normalized spacial score (nSPS) is 16.3. The van der Waals surface area contributed by atoms with Gasteiger partial charge in [0.05, 0.1) is 9.38 Å². The number of phenolic OH excluding ortho intramolecular Hbond substituents is 1. The molecule has 23 heavy (non-hydrogen) atoms. The van der Waals surface area contributed by atoms with E-state index in [1.165, 1.54) is 19.2 Å². The number of hydrogen-bond acceptors (Lipinski definition) is 6. The van der Waals surface area contributed by atoms with Crippen LogP contribution < -0.4 is 4.74 Å². The summed E-state index contributed by atoms with van der Waals surface area (Å²) in [5.74, 6) is -2.69. The summed E-state index contributed by atoms with van der Waals surface area (Å²) in [7, 11) is 1.32. The van der Waals surface area contributed by atoms with E-state index in [-0.39, 0.29) is 20.7 Å². The molecule has 0 atom stereocenters. The molecule has 1 N–H and O–H groups in total. The van der Waals surface area contributed by atoms with Crippen LogP contribution in [0.15, 0.2) is 15.4 Å². The predicted molar refractivity (Wildman–Crippen MR) is 85.9 cm³/mol. The minimum Gasteiger partial charge on any atom is -0.502 e. The van der Waals surface area contributed by atoms with Gasteiger partial charge in [-0.3, -0.25) is 19.3 Å². The van der Waals surface area contributed by atoms with E-state index in [4.69, 9.17) is 16.3 Å². The first-order valence-corrected chi connectivity index (χ1v) is 7.94. The molecule has 1 saturated heterocycles. The van der Waals surface area contributed by atoms with Gasteiger partial charge in [0.1, 0.15) is 0 Å². The highest BCUT2D eigenvalue weighted by atomic mass is 79.9. The van der Waals surface area contributed by atoms with Crippen LogP contribution in [0.25, 0.3) is 6.08 Å². The maximum atomic E-state index is 14.0. The highest BCUT2D eigenvalue weighted by Gasteiger charge is 2.32. The molecule has 2 rings (SSSR count). The average molecular weight is 425 g/mol. The van der Waals surface area contributed by atoms with E-state index in [0.29, 0.717) is 11.8 Å². The molecular weight excluding hydrogens is 417 g/mol. The van der Waals surface area contributed by atoms with Crippen molar-refractivity contribution in [2.24, 2.45) is 0 Å². The van der Waals surface area contributed by atoms with Crippen molar-refractivity contribution in [2.45, 2.75) is 0 Å². The smallest absolute Gasteiger partial charge is 0.293 e. The van der Waals surface area contributed by atoms with E-state index in [1.807, 2.05) is 0 Å². The second-order valence-electron chi connectivity index (χ2n) is 4.33. The first-order valence-electron chi connectivity index (χ1n) is 5.96. The van der Waals surface area contributed by atoms with Crippen molar-refractivity contribution < 1.29 is 28.6 Å². The number of amides is 2. The summed E-state index contributed by atoms with van der Waals surface area (Å²) in [5.41, 5.74) is 0.149. The summed E-state index contributed by atoms with van der Waals surface area (Å²) in [6.45, 7) is -0.568. The lowest BCUT2D eigenvalue weighted by molar-refractivity contribution is -0.121. The number of thioether (sulfide) groups is 1. The van der Waals surface area contributed by atoms with E-state index in [0.717, 1.165) is 4.90 Å². The summed E-state index contributed by atoms with van der Waals surface area (Å²) >= 11 is 8.78. The number of benzene rings is 1. The van der Waals surface area contributed by atoms with Gasteiger partial charge in [0.25, 0.3) is 16.4 Å². The molecule has 0 radical (unpaired) electrons. The number of ether oxygens (including phenoxy) is 1. The van der Waals surface area contributed by atoms with Gasteiger partial charge in [-0.05, 0) is 57.0 Å². The van der Waals surface area contributed by atoms with Crippen LogP contribution in [0.3, 0.4) is 0 Å². The van der Waals surface area contributed by atoms with E-state index >= 15 is 0 Å². The standard InChI is InChI=1S/C13H8BrClFNO5S/c1-17-12(20)7(23-13(17)21)3-5-2-6(22-4-8(15)18)11(19)10(16)9(5)14/h2-3,19H,4H2,1H3/b7-3-. The Balaban J connectivity index is 2.45. The number of imide groups is 1. The van der Waals surface area contributed by atoms with Crippen molar-refractivity contribution in [1.82, 2.24) is 4.90 Å². The monoisotopic (exact) mass is 423 g/mol. The second kappa shape index (κ2) is 6.90. The number of aromatic hydroxyl groups is 1. The first-order chi connectivity index (χ1) is 10.7. The lowest BCUT2D eigenvalue weighted by Gasteiger charge is -2.10. The molecule has 0 aromatic heterocycles. The van der Waals surface area contributed by atoms with Crippen molar-refractivity contribution in [1.29, 1.82) is 0 Å². The Labute approximate surface area is 147 Å². The third-order valence-corrected chi connectivity index (χ3v) is 4.66. The predicted octanol–water partition coefficient (Wildman–Crippen LogP) is 3.10. The topological polar surface area (TPSA) is 83.9 Å². The van der Waals surface area contributed by atoms with Crippen LogP contribution in [-0.4, -0.2) is 40.0 Å². The number of nitrogens with zero attached hydrogens (tertiary/aromatic N) is 1. The zero-order valence-corrected chi connectivity index (χ0v) is 14.6. The lowest BCUT2D eigenvalue weighted by Crippen LogP contribution is -2.22. The summed E-state index contributed by atoms with van der Waals surface area (Å²) < 4.78 is 18.8. The number of halogens is 3. The van der Waals surface area contributed by atoms with E-state index in [9.17, 15) is 23.9 Å². The first kappa shape index (κ1) is 17.8. The molecule has 6 nitrogen and oxygen atoms in total. The molecular formula is C13H8BrClFNO5S. The van der Waals surface area contributed by atoms with Crippen molar-refractivity contribution in [3.05, 3.63) is 26.8 Å². The van der Waals surface area contributed by atoms with Crippen LogP contribution >= 0.6 is 39.3 Å². The molecule has 2 amide bonds. The Morgan fingerprint density at radius 2 is 2.22 bits per heavy atom. The molecule has 1 aromatic rings. The third-order valence-electron chi connectivity index (χ3n) is 2.79. The Morgan fingerprint density at radius 3 is 2.74 bits per heavy atom. The van der Waals surface area contributed by atoms with Crippen LogP contribution in [0.4, 0.5) is 9.18 Å². The van der Waals surface area contributed by atoms with Gasteiger partial charge in [-0.2, -0.15) is 0 Å². The minimum absolute atomic E-state index is 0.0858.